The first-order valence-corrected chi connectivity index (χ1v) is 14.1. The number of aromatic hydroxyl groups is 2. The van der Waals surface area contributed by atoms with E-state index in [0.717, 1.165) is 69.0 Å². The standard InChI is InChI=1S/C31H44N2O5.CH4/c1-3-4-18-32(2)30(36)11-9-7-5-6-8-10-19-38-23-27-20-26-21-29(35)17-14-25(26)22-33(27)31(37)24-12-15-28(34)16-13-24;/h12-17,21,27,34-35H,3-11,18-20,22-23H2,1-2H3;1H4. The molecule has 2 aromatic carbocycles. The molecule has 2 aromatic rings. The minimum absolute atomic E-state index is 0. The number of rotatable bonds is 15. The summed E-state index contributed by atoms with van der Waals surface area (Å²) in [6.45, 7) is 4.53. The first kappa shape index (κ1) is 32.2. The molecule has 7 heteroatoms. The maximum absolute atomic E-state index is 13.3. The molecule has 1 aliphatic heterocycles. The van der Waals surface area contributed by atoms with E-state index < -0.39 is 0 Å². The predicted molar refractivity (Wildman–Crippen MR) is 156 cm³/mol. The van der Waals surface area contributed by atoms with Crippen LogP contribution in [-0.2, 0) is 22.5 Å². The fourth-order valence-corrected chi connectivity index (χ4v) is 4.91. The number of carbonyl (C=O) groups is 2. The summed E-state index contributed by atoms with van der Waals surface area (Å²) in [6.07, 6.45) is 9.79. The fourth-order valence-electron chi connectivity index (χ4n) is 4.91. The number of fused-ring (bicyclic) bond motifs is 1. The molecule has 216 valence electrons. The molecule has 3 rings (SSSR count). The van der Waals surface area contributed by atoms with E-state index in [1.165, 1.54) is 12.1 Å². The number of benzene rings is 2. The van der Waals surface area contributed by atoms with Gasteiger partial charge in [-0.3, -0.25) is 9.59 Å². The number of phenols is 2. The molecule has 1 unspecified atom stereocenters. The van der Waals surface area contributed by atoms with E-state index in [9.17, 15) is 19.8 Å². The van der Waals surface area contributed by atoms with Gasteiger partial charge in [-0.05, 0) is 73.2 Å². The van der Waals surface area contributed by atoms with Gasteiger partial charge in [0.15, 0.2) is 0 Å². The molecular formula is C32H48N2O5. The van der Waals surface area contributed by atoms with E-state index in [1.807, 2.05) is 22.9 Å². The number of nitrogens with zero attached hydrogens (tertiary/aromatic N) is 2. The Bertz CT molecular complexity index is 1020. The molecule has 0 radical (unpaired) electrons. The van der Waals surface area contributed by atoms with Crippen molar-refractivity contribution in [2.75, 3.05) is 26.8 Å². The minimum Gasteiger partial charge on any atom is -0.508 e. The zero-order valence-electron chi connectivity index (χ0n) is 23.0. The zero-order chi connectivity index (χ0) is 27.3. The molecule has 1 heterocycles. The SMILES string of the molecule is C.CCCCN(C)C(=O)CCCCCCCCOCC1Cc2cc(O)ccc2CN1C(=O)c1ccc(O)cc1. The van der Waals surface area contributed by atoms with E-state index in [4.69, 9.17) is 4.74 Å². The van der Waals surface area contributed by atoms with Crippen molar-refractivity contribution in [3.63, 3.8) is 0 Å². The zero-order valence-corrected chi connectivity index (χ0v) is 23.0. The summed E-state index contributed by atoms with van der Waals surface area (Å²) >= 11 is 0. The van der Waals surface area contributed by atoms with Gasteiger partial charge in [0.1, 0.15) is 11.5 Å². The summed E-state index contributed by atoms with van der Waals surface area (Å²) in [7, 11) is 1.90. The van der Waals surface area contributed by atoms with E-state index in [1.54, 1.807) is 24.3 Å². The van der Waals surface area contributed by atoms with Crippen LogP contribution in [-0.4, -0.2) is 64.7 Å². The average molecular weight is 541 g/mol. The van der Waals surface area contributed by atoms with Crippen LogP contribution in [0.4, 0.5) is 0 Å². The van der Waals surface area contributed by atoms with Crippen molar-refractivity contribution in [3.05, 3.63) is 59.2 Å². The lowest BCUT2D eigenvalue weighted by Gasteiger charge is -2.37. The molecule has 0 saturated heterocycles. The molecule has 0 fully saturated rings. The summed E-state index contributed by atoms with van der Waals surface area (Å²) < 4.78 is 6.02. The number of carbonyl (C=O) groups excluding carboxylic acids is 2. The van der Waals surface area contributed by atoms with Gasteiger partial charge < -0.3 is 24.7 Å². The highest BCUT2D eigenvalue weighted by molar-refractivity contribution is 5.94. The second kappa shape index (κ2) is 16.8. The predicted octanol–water partition coefficient (Wildman–Crippen LogP) is 6.31. The van der Waals surface area contributed by atoms with Gasteiger partial charge >= 0.3 is 0 Å². The van der Waals surface area contributed by atoms with Crippen LogP contribution in [0.25, 0.3) is 0 Å². The van der Waals surface area contributed by atoms with E-state index in [2.05, 4.69) is 6.92 Å². The van der Waals surface area contributed by atoms with Crippen LogP contribution in [0.1, 0.15) is 93.6 Å². The van der Waals surface area contributed by atoms with E-state index in [0.29, 0.717) is 38.2 Å². The van der Waals surface area contributed by atoms with Crippen LogP contribution in [0.3, 0.4) is 0 Å². The molecule has 39 heavy (non-hydrogen) atoms. The Hall–Kier alpha value is -3.06. The molecule has 2 amide bonds. The Balaban J connectivity index is 0.00000533. The Morgan fingerprint density at radius 3 is 2.31 bits per heavy atom. The van der Waals surface area contributed by atoms with E-state index >= 15 is 0 Å². The van der Waals surface area contributed by atoms with Crippen molar-refractivity contribution < 1.29 is 24.5 Å². The Kier molecular flexibility index (Phi) is 13.9. The maximum atomic E-state index is 13.3. The summed E-state index contributed by atoms with van der Waals surface area (Å²) in [4.78, 5) is 29.1. The number of hydrogen-bond acceptors (Lipinski definition) is 5. The van der Waals surface area contributed by atoms with Gasteiger partial charge in [0, 0.05) is 38.7 Å². The molecule has 1 atom stereocenters. The van der Waals surface area contributed by atoms with Crippen molar-refractivity contribution in [2.24, 2.45) is 0 Å². The van der Waals surface area contributed by atoms with Crippen LogP contribution >= 0.6 is 0 Å². The van der Waals surface area contributed by atoms with Gasteiger partial charge in [-0.1, -0.05) is 52.5 Å². The van der Waals surface area contributed by atoms with Crippen LogP contribution in [0.15, 0.2) is 42.5 Å². The van der Waals surface area contributed by atoms with Gasteiger partial charge in [-0.25, -0.2) is 0 Å². The molecular weight excluding hydrogens is 492 g/mol. The number of unbranched alkanes of at least 4 members (excludes halogenated alkanes) is 6. The van der Waals surface area contributed by atoms with Crippen molar-refractivity contribution in [1.29, 1.82) is 0 Å². The number of hydrogen-bond donors (Lipinski definition) is 2. The third-order valence-electron chi connectivity index (χ3n) is 7.31. The van der Waals surface area contributed by atoms with Crippen LogP contribution in [0, 0.1) is 0 Å². The highest BCUT2D eigenvalue weighted by Gasteiger charge is 2.30. The molecule has 2 N–H and O–H groups in total. The maximum Gasteiger partial charge on any atom is 0.254 e. The highest BCUT2D eigenvalue weighted by atomic mass is 16.5. The van der Waals surface area contributed by atoms with Crippen LogP contribution in [0.2, 0.25) is 0 Å². The second-order valence-corrected chi connectivity index (χ2v) is 10.4. The summed E-state index contributed by atoms with van der Waals surface area (Å²) in [5, 5.41) is 19.5. The van der Waals surface area contributed by atoms with Gasteiger partial charge in [0.05, 0.1) is 12.6 Å². The van der Waals surface area contributed by atoms with Crippen LogP contribution in [0.5, 0.6) is 11.5 Å². The average Bonchev–Trinajstić information content (AvgIpc) is 2.92. The van der Waals surface area contributed by atoms with Gasteiger partial charge in [0.2, 0.25) is 5.91 Å². The Morgan fingerprint density at radius 1 is 0.923 bits per heavy atom. The second-order valence-electron chi connectivity index (χ2n) is 10.4. The summed E-state index contributed by atoms with van der Waals surface area (Å²) in [5.41, 5.74) is 2.60. The first-order valence-electron chi connectivity index (χ1n) is 14.1. The quantitative estimate of drug-likeness (QED) is 0.259. The van der Waals surface area contributed by atoms with Crippen molar-refractivity contribution in [2.45, 2.75) is 91.1 Å². The highest BCUT2D eigenvalue weighted by Crippen LogP contribution is 2.28. The molecule has 7 nitrogen and oxygen atoms in total. The van der Waals surface area contributed by atoms with E-state index in [-0.39, 0.29) is 36.8 Å². The summed E-state index contributed by atoms with van der Waals surface area (Å²) in [5.74, 6) is 0.525. The third-order valence-corrected chi connectivity index (χ3v) is 7.31. The monoisotopic (exact) mass is 540 g/mol. The molecule has 0 spiro atoms. The lowest BCUT2D eigenvalue weighted by Crippen LogP contribution is -2.46. The lowest BCUT2D eigenvalue weighted by molar-refractivity contribution is -0.130. The molecule has 0 saturated carbocycles. The van der Waals surface area contributed by atoms with Gasteiger partial charge in [-0.2, -0.15) is 0 Å². The molecule has 0 bridgehead atoms. The van der Waals surface area contributed by atoms with Crippen molar-refractivity contribution in [1.82, 2.24) is 9.80 Å². The smallest absolute Gasteiger partial charge is 0.254 e. The Labute approximate surface area is 234 Å². The number of ether oxygens (including phenoxy) is 1. The fraction of sp³-hybridized carbons (Fsp3) is 0.562. The van der Waals surface area contributed by atoms with Gasteiger partial charge in [0.25, 0.3) is 5.91 Å². The topological polar surface area (TPSA) is 90.3 Å². The third kappa shape index (κ3) is 10.2. The molecule has 0 aliphatic carbocycles. The minimum atomic E-state index is -0.126. The van der Waals surface area contributed by atoms with Gasteiger partial charge in [-0.15, -0.1) is 0 Å². The van der Waals surface area contributed by atoms with Crippen LogP contribution < -0.4 is 0 Å². The Morgan fingerprint density at radius 2 is 1.59 bits per heavy atom. The van der Waals surface area contributed by atoms with Crippen molar-refractivity contribution >= 4 is 11.8 Å². The largest absolute Gasteiger partial charge is 0.508 e. The molecule has 0 aromatic heterocycles. The normalized spacial score (nSPS) is 14.4. The lowest BCUT2D eigenvalue weighted by atomic mass is 9.93. The molecule has 1 aliphatic rings. The van der Waals surface area contributed by atoms with Crippen molar-refractivity contribution in [3.8, 4) is 11.5 Å². The first-order chi connectivity index (χ1) is 18.4. The number of amides is 2. The summed E-state index contributed by atoms with van der Waals surface area (Å²) in [6, 6.07) is 11.5. The number of phenolic OH excluding ortho intramolecular Hbond substituents is 2.